The van der Waals surface area contributed by atoms with Crippen LogP contribution < -0.4 is 5.32 Å². The fourth-order valence-electron chi connectivity index (χ4n) is 5.70. The van der Waals surface area contributed by atoms with Gasteiger partial charge in [-0.2, -0.15) is 0 Å². The highest BCUT2D eigenvalue weighted by molar-refractivity contribution is 5.56. The van der Waals surface area contributed by atoms with Crippen molar-refractivity contribution in [3.05, 3.63) is 29.3 Å². The van der Waals surface area contributed by atoms with E-state index in [9.17, 15) is 0 Å². The molecule has 2 heteroatoms. The Balaban J connectivity index is 1.42. The van der Waals surface area contributed by atoms with Gasteiger partial charge in [-0.25, -0.2) is 0 Å². The Labute approximate surface area is 154 Å². The molecule has 1 aliphatic carbocycles. The molecule has 0 aromatic heterocycles. The molecule has 138 valence electrons. The van der Waals surface area contributed by atoms with Crippen LogP contribution >= 0.6 is 0 Å². The van der Waals surface area contributed by atoms with Gasteiger partial charge in [0, 0.05) is 18.8 Å². The van der Waals surface area contributed by atoms with E-state index < -0.39 is 0 Å². The molecular formula is C23H36N2. The number of hydrogen-bond donors (Lipinski definition) is 1. The van der Waals surface area contributed by atoms with Gasteiger partial charge in [0.25, 0.3) is 0 Å². The van der Waals surface area contributed by atoms with Gasteiger partial charge in [-0.15, -0.1) is 0 Å². The standard InChI is InChI=1S/C23H36N2/c1-2-20-9-14-24-22-8-7-19(17-21(20)22)18-25-15-6-12-23(13-16-25)10-4-3-5-11-23/h7-8,17,20,24H,2-6,9-16,18H2,1H3. The topological polar surface area (TPSA) is 15.3 Å². The molecule has 1 unspecified atom stereocenters. The van der Waals surface area contributed by atoms with Crippen LogP contribution in [0.3, 0.4) is 0 Å². The Kier molecular flexibility index (Phi) is 5.36. The third-order valence-electron chi connectivity index (χ3n) is 7.32. The van der Waals surface area contributed by atoms with Crippen LogP contribution in [0.15, 0.2) is 18.2 Å². The summed E-state index contributed by atoms with van der Waals surface area (Å²) in [5, 5.41) is 3.59. The summed E-state index contributed by atoms with van der Waals surface area (Å²) in [6.07, 6.45) is 14.3. The minimum absolute atomic E-state index is 0.708. The van der Waals surface area contributed by atoms with Crippen LogP contribution in [0.4, 0.5) is 5.69 Å². The third kappa shape index (κ3) is 3.89. The summed E-state index contributed by atoms with van der Waals surface area (Å²) in [6.45, 7) is 7.24. The number of likely N-dealkylation sites (tertiary alicyclic amines) is 1. The largest absolute Gasteiger partial charge is 0.385 e. The fourth-order valence-corrected chi connectivity index (χ4v) is 5.70. The van der Waals surface area contributed by atoms with Crippen molar-refractivity contribution in [3.8, 4) is 0 Å². The summed E-state index contributed by atoms with van der Waals surface area (Å²) < 4.78 is 0. The van der Waals surface area contributed by atoms with E-state index in [0.29, 0.717) is 5.41 Å². The first kappa shape index (κ1) is 17.4. The van der Waals surface area contributed by atoms with Gasteiger partial charge < -0.3 is 5.32 Å². The van der Waals surface area contributed by atoms with E-state index in [4.69, 9.17) is 0 Å². The van der Waals surface area contributed by atoms with Gasteiger partial charge in [-0.1, -0.05) is 38.3 Å². The van der Waals surface area contributed by atoms with E-state index in [1.54, 1.807) is 5.56 Å². The van der Waals surface area contributed by atoms with Crippen LogP contribution in [0.1, 0.15) is 88.2 Å². The molecule has 0 bridgehead atoms. The van der Waals surface area contributed by atoms with E-state index in [-0.39, 0.29) is 0 Å². The molecule has 1 saturated heterocycles. The highest BCUT2D eigenvalue weighted by Crippen LogP contribution is 2.44. The second-order valence-electron chi connectivity index (χ2n) is 8.93. The quantitative estimate of drug-likeness (QED) is 0.733. The lowest BCUT2D eigenvalue weighted by Gasteiger charge is -2.36. The molecule has 1 aromatic carbocycles. The van der Waals surface area contributed by atoms with Crippen molar-refractivity contribution in [2.24, 2.45) is 5.41 Å². The van der Waals surface area contributed by atoms with E-state index >= 15 is 0 Å². The van der Waals surface area contributed by atoms with Crippen LogP contribution in [-0.2, 0) is 6.54 Å². The van der Waals surface area contributed by atoms with Crippen LogP contribution in [0, 0.1) is 5.41 Å². The smallest absolute Gasteiger partial charge is 0.0375 e. The molecule has 1 saturated carbocycles. The average molecular weight is 341 g/mol. The number of benzene rings is 1. The van der Waals surface area contributed by atoms with E-state index in [1.807, 2.05) is 0 Å². The summed E-state index contributed by atoms with van der Waals surface area (Å²) in [4.78, 5) is 2.74. The van der Waals surface area contributed by atoms with E-state index in [2.05, 4.69) is 35.3 Å². The lowest BCUT2D eigenvalue weighted by atomic mass is 9.69. The molecule has 2 fully saturated rings. The molecule has 1 N–H and O–H groups in total. The summed E-state index contributed by atoms with van der Waals surface area (Å²) in [6, 6.07) is 7.22. The molecule has 4 rings (SSSR count). The predicted molar refractivity (Wildman–Crippen MR) is 107 cm³/mol. The molecule has 3 aliphatic rings. The van der Waals surface area contributed by atoms with Gasteiger partial charge >= 0.3 is 0 Å². The molecule has 0 amide bonds. The highest BCUT2D eigenvalue weighted by atomic mass is 15.1. The van der Waals surface area contributed by atoms with Crippen molar-refractivity contribution in [2.75, 3.05) is 25.0 Å². The van der Waals surface area contributed by atoms with Gasteiger partial charge in [0.05, 0.1) is 0 Å². The van der Waals surface area contributed by atoms with Crippen molar-refractivity contribution in [2.45, 2.75) is 83.6 Å². The van der Waals surface area contributed by atoms with Crippen molar-refractivity contribution >= 4 is 5.69 Å². The average Bonchev–Trinajstić information content (AvgIpc) is 2.84. The zero-order valence-electron chi connectivity index (χ0n) is 16.2. The Hall–Kier alpha value is -1.02. The van der Waals surface area contributed by atoms with Crippen molar-refractivity contribution in [3.63, 3.8) is 0 Å². The second-order valence-corrected chi connectivity index (χ2v) is 8.93. The molecule has 25 heavy (non-hydrogen) atoms. The maximum Gasteiger partial charge on any atom is 0.0375 e. The molecule has 2 heterocycles. The summed E-state index contributed by atoms with van der Waals surface area (Å²) in [7, 11) is 0. The highest BCUT2D eigenvalue weighted by Gasteiger charge is 2.33. The van der Waals surface area contributed by atoms with Crippen molar-refractivity contribution in [1.82, 2.24) is 4.90 Å². The molecule has 2 aliphatic heterocycles. The number of fused-ring (bicyclic) bond motifs is 1. The van der Waals surface area contributed by atoms with Gasteiger partial charge in [0.15, 0.2) is 0 Å². The van der Waals surface area contributed by atoms with Crippen LogP contribution in [0.25, 0.3) is 0 Å². The maximum absolute atomic E-state index is 3.59. The monoisotopic (exact) mass is 340 g/mol. The number of rotatable bonds is 3. The molecule has 1 atom stereocenters. The lowest BCUT2D eigenvalue weighted by Crippen LogP contribution is -2.28. The Morgan fingerprint density at radius 1 is 1.04 bits per heavy atom. The minimum atomic E-state index is 0.708. The first-order valence-corrected chi connectivity index (χ1v) is 10.9. The number of nitrogens with one attached hydrogen (secondary N) is 1. The van der Waals surface area contributed by atoms with E-state index in [1.165, 1.54) is 88.5 Å². The van der Waals surface area contributed by atoms with Crippen molar-refractivity contribution in [1.29, 1.82) is 0 Å². The number of nitrogens with zero attached hydrogens (tertiary/aromatic N) is 1. The Morgan fingerprint density at radius 2 is 1.88 bits per heavy atom. The zero-order valence-corrected chi connectivity index (χ0v) is 16.2. The third-order valence-corrected chi connectivity index (χ3v) is 7.32. The molecular weight excluding hydrogens is 304 g/mol. The van der Waals surface area contributed by atoms with Gasteiger partial charge in [-0.05, 0) is 86.6 Å². The normalized spacial score (nSPS) is 26.7. The Bertz CT molecular complexity index is 573. The first-order chi connectivity index (χ1) is 12.3. The minimum Gasteiger partial charge on any atom is -0.385 e. The van der Waals surface area contributed by atoms with Gasteiger partial charge in [-0.3, -0.25) is 4.90 Å². The molecule has 1 spiro atoms. The van der Waals surface area contributed by atoms with Gasteiger partial charge in [0.1, 0.15) is 0 Å². The maximum atomic E-state index is 3.59. The second kappa shape index (κ2) is 7.70. The van der Waals surface area contributed by atoms with Crippen LogP contribution in [-0.4, -0.2) is 24.5 Å². The summed E-state index contributed by atoms with van der Waals surface area (Å²) >= 11 is 0. The van der Waals surface area contributed by atoms with Crippen LogP contribution in [0.2, 0.25) is 0 Å². The van der Waals surface area contributed by atoms with E-state index in [0.717, 1.165) is 19.0 Å². The SMILES string of the molecule is CCC1CCNc2ccc(CN3CCCC4(CCCCC4)CC3)cc21. The predicted octanol–water partition coefficient (Wildman–Crippen LogP) is 5.93. The number of anilines is 1. The zero-order chi connectivity index (χ0) is 17.1. The van der Waals surface area contributed by atoms with Gasteiger partial charge in [0.2, 0.25) is 0 Å². The summed E-state index contributed by atoms with van der Waals surface area (Å²) in [5.41, 5.74) is 5.20. The number of hydrogen-bond acceptors (Lipinski definition) is 2. The first-order valence-electron chi connectivity index (χ1n) is 10.9. The molecule has 1 aromatic rings. The Morgan fingerprint density at radius 3 is 2.72 bits per heavy atom. The molecule has 0 radical (unpaired) electrons. The molecule has 2 nitrogen and oxygen atoms in total. The summed E-state index contributed by atoms with van der Waals surface area (Å²) in [5.74, 6) is 0.755. The van der Waals surface area contributed by atoms with Crippen molar-refractivity contribution < 1.29 is 0 Å². The lowest BCUT2D eigenvalue weighted by molar-refractivity contribution is 0.157. The fraction of sp³-hybridized carbons (Fsp3) is 0.739. The van der Waals surface area contributed by atoms with Crippen LogP contribution in [0.5, 0.6) is 0 Å².